The molecule has 8 nitrogen and oxygen atoms in total. The second-order valence-corrected chi connectivity index (χ2v) is 8.93. The molecule has 31 heavy (non-hydrogen) atoms. The molecular formula is C23H33N3O5. The molecule has 8 heteroatoms. The van der Waals surface area contributed by atoms with Crippen LogP contribution in [0.5, 0.6) is 5.75 Å². The molecule has 0 saturated heterocycles. The molecule has 0 radical (unpaired) electrons. The number of carbonyl (C=O) groups is 2. The Labute approximate surface area is 182 Å². The highest BCUT2D eigenvalue weighted by Crippen LogP contribution is 2.31. The summed E-state index contributed by atoms with van der Waals surface area (Å²) >= 11 is 0. The Hall–Kier alpha value is -3.03. The van der Waals surface area contributed by atoms with Gasteiger partial charge in [0.2, 0.25) is 5.91 Å². The van der Waals surface area contributed by atoms with Crippen LogP contribution in [0.4, 0.5) is 4.79 Å². The van der Waals surface area contributed by atoms with Crippen molar-refractivity contribution in [1.29, 1.82) is 0 Å². The van der Waals surface area contributed by atoms with Gasteiger partial charge in [0.05, 0.1) is 24.2 Å². The monoisotopic (exact) mass is 431 g/mol. The van der Waals surface area contributed by atoms with Gasteiger partial charge in [-0.3, -0.25) is 9.59 Å². The molecule has 0 fully saturated rings. The Morgan fingerprint density at radius 2 is 1.94 bits per heavy atom. The number of ether oxygens (including phenoxy) is 1. The summed E-state index contributed by atoms with van der Waals surface area (Å²) in [7, 11) is 0. The molecule has 0 unspecified atom stereocenters. The third kappa shape index (κ3) is 6.73. The van der Waals surface area contributed by atoms with E-state index in [2.05, 4.69) is 12.2 Å². The number of nitrogens with one attached hydrogen (secondary N) is 1. The smallest absolute Gasteiger partial charge is 0.404 e. The second kappa shape index (κ2) is 10.3. The van der Waals surface area contributed by atoms with Crippen LogP contribution in [0.3, 0.4) is 0 Å². The van der Waals surface area contributed by atoms with Crippen molar-refractivity contribution < 1.29 is 19.4 Å². The van der Waals surface area contributed by atoms with E-state index in [9.17, 15) is 14.4 Å². The molecule has 0 bridgehead atoms. The van der Waals surface area contributed by atoms with Crippen molar-refractivity contribution >= 4 is 22.8 Å². The molecule has 0 saturated carbocycles. The van der Waals surface area contributed by atoms with Crippen molar-refractivity contribution in [2.24, 2.45) is 11.1 Å². The molecule has 2 rings (SSSR count). The van der Waals surface area contributed by atoms with Gasteiger partial charge in [0.25, 0.3) is 5.56 Å². The zero-order valence-electron chi connectivity index (χ0n) is 18.8. The van der Waals surface area contributed by atoms with Crippen LogP contribution < -0.4 is 21.3 Å². The summed E-state index contributed by atoms with van der Waals surface area (Å²) in [5, 5.41) is 12.7. The number of primary amides is 1. The fourth-order valence-corrected chi connectivity index (χ4v) is 3.39. The summed E-state index contributed by atoms with van der Waals surface area (Å²) in [5.74, 6) is 0.105. The molecule has 0 aliphatic heterocycles. The minimum absolute atomic E-state index is 0.0520. The van der Waals surface area contributed by atoms with E-state index < -0.39 is 12.0 Å². The maximum atomic E-state index is 13.4. The fourth-order valence-electron chi connectivity index (χ4n) is 3.39. The van der Waals surface area contributed by atoms with Crippen LogP contribution in [0.2, 0.25) is 0 Å². The molecule has 1 aromatic heterocycles. The third-order valence-corrected chi connectivity index (χ3v) is 4.84. The van der Waals surface area contributed by atoms with Gasteiger partial charge in [-0.2, -0.15) is 0 Å². The van der Waals surface area contributed by atoms with Gasteiger partial charge in [-0.15, -0.1) is 0 Å². The molecule has 1 aromatic carbocycles. The van der Waals surface area contributed by atoms with Gasteiger partial charge in [-0.05, 0) is 36.0 Å². The number of amides is 2. The van der Waals surface area contributed by atoms with Gasteiger partial charge < -0.3 is 25.5 Å². The van der Waals surface area contributed by atoms with Gasteiger partial charge >= 0.3 is 6.09 Å². The summed E-state index contributed by atoms with van der Waals surface area (Å²) in [6.45, 7) is 8.91. The average Bonchev–Trinajstić information content (AvgIpc) is 2.67. The number of rotatable bonds is 10. The van der Waals surface area contributed by atoms with Crippen LogP contribution in [0.1, 0.15) is 58.2 Å². The number of benzene rings is 1. The number of aromatic nitrogens is 1. The number of pyridine rings is 1. The highest BCUT2D eigenvalue weighted by molar-refractivity contribution is 5.89. The summed E-state index contributed by atoms with van der Waals surface area (Å²) in [5.41, 5.74) is 6.23. The Morgan fingerprint density at radius 3 is 2.52 bits per heavy atom. The van der Waals surface area contributed by atoms with Crippen LogP contribution in [0.15, 0.2) is 23.0 Å². The normalized spacial score (nSPS) is 11.5. The molecule has 1 heterocycles. The predicted molar refractivity (Wildman–Crippen MR) is 120 cm³/mol. The first kappa shape index (κ1) is 24.2. The number of nitrogens with zero attached hydrogens (tertiary/aromatic N) is 1. The Morgan fingerprint density at radius 1 is 1.23 bits per heavy atom. The van der Waals surface area contributed by atoms with Crippen molar-refractivity contribution in [1.82, 2.24) is 9.88 Å². The standard InChI is InChI=1S/C23H33N3O5/c1-5-6-11-31-20-17-12-15(8-10-19(24)27)7-9-16(17)21(28)26(14-23(2,3)4)18(20)13-25-22(29)30/h7,9,12,25H,5-6,8,10-11,13-14H2,1-4H3,(H2,24,27)(H,29,30). The van der Waals surface area contributed by atoms with Crippen molar-refractivity contribution in [3.05, 3.63) is 39.8 Å². The fraction of sp³-hybridized carbons (Fsp3) is 0.522. The minimum Gasteiger partial charge on any atom is -0.491 e. The third-order valence-electron chi connectivity index (χ3n) is 4.84. The number of carboxylic acid groups (broad SMARTS) is 1. The van der Waals surface area contributed by atoms with Gasteiger partial charge in [-0.1, -0.05) is 40.2 Å². The van der Waals surface area contributed by atoms with Gasteiger partial charge in [-0.25, -0.2) is 4.79 Å². The summed E-state index contributed by atoms with van der Waals surface area (Å²) < 4.78 is 7.74. The maximum Gasteiger partial charge on any atom is 0.404 e. The highest BCUT2D eigenvalue weighted by Gasteiger charge is 2.22. The summed E-state index contributed by atoms with van der Waals surface area (Å²) in [6.07, 6.45) is 1.24. The number of hydrogen-bond acceptors (Lipinski definition) is 4. The quantitative estimate of drug-likeness (QED) is 0.497. The van der Waals surface area contributed by atoms with Gasteiger partial charge in [0.15, 0.2) is 0 Å². The molecule has 2 amide bonds. The lowest BCUT2D eigenvalue weighted by molar-refractivity contribution is -0.117. The summed E-state index contributed by atoms with van der Waals surface area (Å²) in [4.78, 5) is 35.8. The molecule has 170 valence electrons. The zero-order chi connectivity index (χ0) is 23.2. The molecule has 4 N–H and O–H groups in total. The Balaban J connectivity index is 2.74. The number of nitrogens with two attached hydrogens (primary N) is 1. The number of aryl methyl sites for hydroxylation is 1. The lowest BCUT2D eigenvalue weighted by atomic mass is 9.95. The van der Waals surface area contributed by atoms with Crippen molar-refractivity contribution in [2.45, 2.75) is 66.5 Å². The molecule has 0 aliphatic carbocycles. The van der Waals surface area contributed by atoms with Crippen LogP contribution in [-0.4, -0.2) is 28.3 Å². The van der Waals surface area contributed by atoms with Crippen LogP contribution in [0, 0.1) is 5.41 Å². The number of carbonyl (C=O) groups excluding carboxylic acids is 1. The molecule has 0 aliphatic rings. The Kier molecular flexibility index (Phi) is 8.08. The van der Waals surface area contributed by atoms with E-state index in [0.717, 1.165) is 18.4 Å². The number of unbranched alkanes of at least 4 members (excludes halogenated alkanes) is 1. The molecule has 0 atom stereocenters. The predicted octanol–water partition coefficient (Wildman–Crippen LogP) is 3.41. The SMILES string of the molecule is CCCCOc1c(CNC(=O)O)n(CC(C)(C)C)c(=O)c2ccc(CCC(N)=O)cc12. The molecule has 0 spiro atoms. The molecule has 2 aromatic rings. The first-order valence-corrected chi connectivity index (χ1v) is 10.6. The lowest BCUT2D eigenvalue weighted by Crippen LogP contribution is -2.33. The van der Waals surface area contributed by atoms with E-state index in [1.165, 1.54) is 0 Å². The maximum absolute atomic E-state index is 13.4. The average molecular weight is 432 g/mol. The van der Waals surface area contributed by atoms with Crippen molar-refractivity contribution in [2.75, 3.05) is 6.61 Å². The highest BCUT2D eigenvalue weighted by atomic mass is 16.5. The van der Waals surface area contributed by atoms with E-state index in [4.69, 9.17) is 15.6 Å². The van der Waals surface area contributed by atoms with Crippen LogP contribution >= 0.6 is 0 Å². The first-order valence-electron chi connectivity index (χ1n) is 10.6. The first-order chi connectivity index (χ1) is 14.5. The number of fused-ring (bicyclic) bond motifs is 1. The zero-order valence-corrected chi connectivity index (χ0v) is 18.8. The van der Waals surface area contributed by atoms with E-state index in [1.54, 1.807) is 10.6 Å². The Bertz CT molecular complexity index is 1000. The lowest BCUT2D eigenvalue weighted by Gasteiger charge is -2.25. The minimum atomic E-state index is -1.18. The van der Waals surface area contributed by atoms with E-state index in [1.807, 2.05) is 32.9 Å². The van der Waals surface area contributed by atoms with Crippen LogP contribution in [0.25, 0.3) is 10.8 Å². The van der Waals surface area contributed by atoms with Crippen molar-refractivity contribution in [3.63, 3.8) is 0 Å². The summed E-state index contributed by atoms with van der Waals surface area (Å²) in [6, 6.07) is 5.40. The van der Waals surface area contributed by atoms with E-state index in [0.29, 0.717) is 41.8 Å². The topological polar surface area (TPSA) is 124 Å². The largest absolute Gasteiger partial charge is 0.491 e. The molecular weight excluding hydrogens is 398 g/mol. The second-order valence-electron chi connectivity index (χ2n) is 8.93. The van der Waals surface area contributed by atoms with Crippen LogP contribution in [-0.2, 0) is 24.3 Å². The number of hydrogen-bond donors (Lipinski definition) is 3. The van der Waals surface area contributed by atoms with Gasteiger partial charge in [0, 0.05) is 18.4 Å². The van der Waals surface area contributed by atoms with E-state index in [-0.39, 0.29) is 23.9 Å². The van der Waals surface area contributed by atoms with E-state index >= 15 is 0 Å². The van der Waals surface area contributed by atoms with Gasteiger partial charge in [0.1, 0.15) is 5.75 Å². The van der Waals surface area contributed by atoms with Crippen molar-refractivity contribution in [3.8, 4) is 5.75 Å².